The maximum Gasteiger partial charge on any atom is 0.305 e. The van der Waals surface area contributed by atoms with Crippen molar-refractivity contribution < 1.29 is 37.0 Å². The summed E-state index contributed by atoms with van der Waals surface area (Å²) in [5.74, 6) is -2.75. The molecule has 0 radical (unpaired) electrons. The minimum atomic E-state index is -4.33. The Morgan fingerprint density at radius 1 is 1.24 bits per heavy atom. The number of carbonyl (C=O) groups is 1. The molecule has 0 fully saturated rings. The fourth-order valence-corrected chi connectivity index (χ4v) is 3.37. The molecule has 0 aliphatic rings. The highest BCUT2D eigenvalue weighted by atomic mass is 32.2. The average Bonchev–Trinajstić information content (AvgIpc) is 2.69. The molecule has 0 saturated carbocycles. The molecule has 0 aliphatic carbocycles. The van der Waals surface area contributed by atoms with E-state index in [1.807, 2.05) is 0 Å². The van der Waals surface area contributed by atoms with Gasteiger partial charge in [0.2, 0.25) is 16.0 Å². The highest BCUT2D eigenvalue weighted by Crippen LogP contribution is 2.31. The zero-order valence-corrected chi connectivity index (χ0v) is 19.1. The van der Waals surface area contributed by atoms with Gasteiger partial charge in [-0.05, 0) is 30.2 Å². The summed E-state index contributed by atoms with van der Waals surface area (Å²) in [6.45, 7) is 0.325. The topological polar surface area (TPSA) is 141 Å². The Morgan fingerprint density at radius 3 is 2.39 bits per heavy atom. The van der Waals surface area contributed by atoms with Crippen molar-refractivity contribution in [1.82, 2.24) is 9.97 Å². The van der Waals surface area contributed by atoms with Gasteiger partial charge in [0.1, 0.15) is 5.82 Å². The lowest BCUT2D eigenvalue weighted by Gasteiger charge is -2.20. The number of nitrogens with zero attached hydrogens (tertiary/aromatic N) is 3. The van der Waals surface area contributed by atoms with Crippen LogP contribution in [0.1, 0.15) is 48.0 Å². The van der Waals surface area contributed by atoms with Gasteiger partial charge in [-0.25, -0.2) is 27.1 Å². The number of aliphatic carboxylic acids is 1. The van der Waals surface area contributed by atoms with Gasteiger partial charge in [-0.3, -0.25) is 4.79 Å². The summed E-state index contributed by atoms with van der Waals surface area (Å²) < 4.78 is 61.5. The summed E-state index contributed by atoms with van der Waals surface area (Å²) in [5, 5.41) is 28.9. The highest BCUT2D eigenvalue weighted by molar-refractivity contribution is 7.92. The first-order chi connectivity index (χ1) is 16.5. The van der Waals surface area contributed by atoms with Crippen molar-refractivity contribution in [3.05, 3.63) is 47.4 Å². The SMILES string of the molecule is [2H][13C]([2H])([2H])N(c1nc(-c2ccc(F)cc2)c(/C=C/[C@@H](O)C[C@@H](O)CC(=O)O)c(C(C)C)n1)S(C)(=O)=O. The number of hydrogen-bond donors (Lipinski definition) is 3. The lowest BCUT2D eigenvalue weighted by atomic mass is 9.97. The summed E-state index contributed by atoms with van der Waals surface area (Å²) in [6, 6.07) is 5.04. The van der Waals surface area contributed by atoms with Crippen LogP contribution < -0.4 is 4.31 Å². The van der Waals surface area contributed by atoms with Crippen LogP contribution in [-0.2, 0) is 14.8 Å². The second-order valence-corrected chi connectivity index (χ2v) is 9.61. The van der Waals surface area contributed by atoms with Crippen LogP contribution in [0.3, 0.4) is 0 Å². The second-order valence-electron chi connectivity index (χ2n) is 7.77. The molecule has 11 heteroatoms. The van der Waals surface area contributed by atoms with Crippen molar-refractivity contribution >= 4 is 28.0 Å². The molecule has 2 rings (SSSR count). The standard InChI is InChI=1S/C22H28FN3O6S/c1-13(2)20-18(10-9-16(27)11-17(28)12-19(29)30)21(14-5-7-15(23)8-6-14)25-22(24-20)26(3)33(4,31)32/h5-10,13,16-17,27-28H,11-12H2,1-4H3,(H,29,30)/b10-9+/t16-,17-/m1/s1/i3+1D3. The van der Waals surface area contributed by atoms with E-state index in [-0.39, 0.29) is 28.0 Å². The van der Waals surface area contributed by atoms with Crippen molar-refractivity contribution in [2.45, 2.75) is 44.8 Å². The first kappa shape index (κ1) is 21.9. The fourth-order valence-electron chi connectivity index (χ4n) is 3.00. The minimum absolute atomic E-state index is 0.0798. The molecule has 0 spiro atoms. The number of aliphatic hydroxyl groups is 2. The predicted molar refractivity (Wildman–Crippen MR) is 123 cm³/mol. The summed E-state index contributed by atoms with van der Waals surface area (Å²) in [7, 11) is -4.33. The Bertz CT molecular complexity index is 1220. The number of hydrogen-bond acceptors (Lipinski definition) is 7. The third-order valence-electron chi connectivity index (χ3n) is 4.55. The number of halogens is 1. The molecule has 0 aliphatic heterocycles. The molecule has 0 bridgehead atoms. The molecule has 1 heterocycles. The number of anilines is 1. The number of carboxylic acids is 1. The predicted octanol–water partition coefficient (Wildman–Crippen LogP) is 2.40. The number of aromatic nitrogens is 2. The first-order valence-corrected chi connectivity index (χ1v) is 11.8. The fraction of sp³-hybridized carbons (Fsp3) is 0.409. The van der Waals surface area contributed by atoms with Crippen molar-refractivity contribution in [1.29, 1.82) is 0 Å². The van der Waals surface area contributed by atoms with Crippen LogP contribution in [0.2, 0.25) is 0 Å². The molecule has 1 aromatic heterocycles. The summed E-state index contributed by atoms with van der Waals surface area (Å²) in [6.07, 6.45) is 0.0147. The van der Waals surface area contributed by atoms with E-state index in [1.54, 1.807) is 13.8 Å². The van der Waals surface area contributed by atoms with Gasteiger partial charge in [-0.15, -0.1) is 0 Å². The summed E-state index contributed by atoms with van der Waals surface area (Å²) in [4.78, 5) is 19.2. The van der Waals surface area contributed by atoms with Gasteiger partial charge in [0.25, 0.3) is 0 Å². The summed E-state index contributed by atoms with van der Waals surface area (Å²) >= 11 is 0. The minimum Gasteiger partial charge on any atom is -0.481 e. The monoisotopic (exact) mass is 485 g/mol. The lowest BCUT2D eigenvalue weighted by molar-refractivity contribution is -0.139. The van der Waals surface area contributed by atoms with Crippen molar-refractivity contribution in [3.8, 4) is 11.3 Å². The number of sulfonamides is 1. The molecule has 0 unspecified atom stereocenters. The highest BCUT2D eigenvalue weighted by Gasteiger charge is 2.22. The molecule has 0 amide bonds. The van der Waals surface area contributed by atoms with E-state index in [2.05, 4.69) is 9.97 Å². The number of benzene rings is 1. The molecular formula is C22H28FN3O6S. The van der Waals surface area contributed by atoms with Crippen molar-refractivity contribution in [2.75, 3.05) is 17.5 Å². The summed E-state index contributed by atoms with van der Waals surface area (Å²) in [5.41, 5.74) is 0.940. The zero-order valence-electron chi connectivity index (χ0n) is 21.3. The Morgan fingerprint density at radius 2 is 1.88 bits per heavy atom. The van der Waals surface area contributed by atoms with Gasteiger partial charge in [-0.2, -0.15) is 0 Å². The van der Waals surface area contributed by atoms with Crippen molar-refractivity contribution in [3.63, 3.8) is 0 Å². The quantitative estimate of drug-likeness (QED) is 0.436. The molecule has 9 nitrogen and oxygen atoms in total. The first-order valence-electron chi connectivity index (χ1n) is 11.4. The van der Waals surface area contributed by atoms with Crippen LogP contribution in [0.4, 0.5) is 10.3 Å². The molecule has 2 aromatic rings. The van der Waals surface area contributed by atoms with Gasteiger partial charge >= 0.3 is 5.97 Å². The lowest BCUT2D eigenvalue weighted by Crippen LogP contribution is -2.27. The number of rotatable bonds is 10. The third kappa shape index (κ3) is 7.31. The van der Waals surface area contributed by atoms with E-state index in [1.165, 1.54) is 24.3 Å². The van der Waals surface area contributed by atoms with E-state index >= 15 is 0 Å². The Hall–Kier alpha value is -2.89. The van der Waals surface area contributed by atoms with Crippen LogP contribution >= 0.6 is 0 Å². The Balaban J connectivity index is 2.74. The van der Waals surface area contributed by atoms with Crippen LogP contribution in [0, 0.1) is 5.82 Å². The zero-order chi connectivity index (χ0) is 27.4. The van der Waals surface area contributed by atoms with E-state index in [0.29, 0.717) is 17.4 Å². The molecular weight excluding hydrogens is 454 g/mol. The maximum absolute atomic E-state index is 13.6. The molecule has 0 saturated heterocycles. The van der Waals surface area contributed by atoms with Gasteiger partial charge in [0.05, 0.1) is 36.3 Å². The number of aliphatic hydroxyl groups excluding tert-OH is 2. The van der Waals surface area contributed by atoms with Gasteiger partial charge < -0.3 is 15.3 Å². The van der Waals surface area contributed by atoms with Crippen LogP contribution in [0.25, 0.3) is 17.3 Å². The Kier molecular flexibility index (Phi) is 7.19. The van der Waals surface area contributed by atoms with Crippen LogP contribution in [-0.4, -0.2) is 65.1 Å². The second kappa shape index (κ2) is 10.8. The van der Waals surface area contributed by atoms with Crippen molar-refractivity contribution in [2.24, 2.45) is 0 Å². The molecule has 33 heavy (non-hydrogen) atoms. The Labute approximate surface area is 196 Å². The largest absolute Gasteiger partial charge is 0.481 e. The van der Waals surface area contributed by atoms with E-state index in [9.17, 15) is 27.8 Å². The van der Waals surface area contributed by atoms with Gasteiger partial charge in [-0.1, -0.05) is 26.0 Å². The molecule has 1 aromatic carbocycles. The number of carboxylic acid groups (broad SMARTS) is 1. The maximum atomic E-state index is 13.6. The van der Waals surface area contributed by atoms with Gasteiger partial charge in [0.15, 0.2) is 0 Å². The normalized spacial score (nSPS) is 15.7. The molecule has 2 atom stereocenters. The van der Waals surface area contributed by atoms with E-state index < -0.39 is 53.4 Å². The smallest absolute Gasteiger partial charge is 0.305 e. The van der Waals surface area contributed by atoms with E-state index in [4.69, 9.17) is 9.22 Å². The molecule has 180 valence electrons. The molecule has 3 N–H and O–H groups in total. The average molecular weight is 486 g/mol. The van der Waals surface area contributed by atoms with E-state index in [0.717, 1.165) is 12.1 Å². The van der Waals surface area contributed by atoms with Crippen LogP contribution in [0.15, 0.2) is 30.3 Å². The van der Waals surface area contributed by atoms with Gasteiger partial charge in [0, 0.05) is 28.6 Å². The third-order valence-corrected chi connectivity index (χ3v) is 5.38. The van der Waals surface area contributed by atoms with Crippen LogP contribution in [0.5, 0.6) is 0 Å².